The highest BCUT2D eigenvalue weighted by molar-refractivity contribution is 9.10. The van der Waals surface area contributed by atoms with Crippen molar-refractivity contribution in [3.8, 4) is 5.69 Å². The summed E-state index contributed by atoms with van der Waals surface area (Å²) >= 11 is 3.16. The zero-order valence-corrected chi connectivity index (χ0v) is 16.5. The van der Waals surface area contributed by atoms with E-state index in [-0.39, 0.29) is 10.6 Å². The van der Waals surface area contributed by atoms with Crippen LogP contribution in [0, 0.1) is 5.82 Å². The molecule has 3 rings (SSSR count). The van der Waals surface area contributed by atoms with E-state index in [4.69, 9.17) is 9.26 Å². The van der Waals surface area contributed by atoms with Gasteiger partial charge in [-0.3, -0.25) is 4.52 Å². The van der Waals surface area contributed by atoms with Gasteiger partial charge in [0.25, 0.3) is 0 Å². The maximum atomic E-state index is 13.6. The molecule has 26 heavy (non-hydrogen) atoms. The Morgan fingerprint density at radius 1 is 1.38 bits per heavy atom. The largest absolute Gasteiger partial charge is 0.446 e. The Morgan fingerprint density at radius 3 is 2.81 bits per heavy atom. The lowest BCUT2D eigenvalue weighted by molar-refractivity contribution is 0.101. The fraction of sp³-hybridized carbons (Fsp3) is 0.368. The van der Waals surface area contributed by atoms with Crippen molar-refractivity contribution >= 4 is 21.5 Å². The molecule has 1 aromatic heterocycles. The Morgan fingerprint density at radius 2 is 2.15 bits per heavy atom. The molecule has 0 fully saturated rings. The monoisotopic (exact) mass is 422 g/mol. The quantitative estimate of drug-likeness (QED) is 0.719. The number of halogens is 2. The minimum absolute atomic E-state index is 0.0149. The van der Waals surface area contributed by atoms with E-state index in [2.05, 4.69) is 28.0 Å². The van der Waals surface area contributed by atoms with Crippen molar-refractivity contribution in [1.82, 2.24) is 9.72 Å². The van der Waals surface area contributed by atoms with Crippen LogP contribution in [0.4, 0.5) is 4.39 Å². The molecule has 0 N–H and O–H groups in total. The molecule has 2 heterocycles. The van der Waals surface area contributed by atoms with E-state index in [1.54, 1.807) is 0 Å². The molecular weight excluding hydrogens is 403 g/mol. The van der Waals surface area contributed by atoms with Crippen LogP contribution in [0.5, 0.6) is 0 Å². The highest BCUT2D eigenvalue weighted by Gasteiger charge is 2.24. The van der Waals surface area contributed by atoms with E-state index in [0.29, 0.717) is 18.1 Å². The van der Waals surface area contributed by atoms with E-state index in [1.807, 2.05) is 19.9 Å². The molecule has 1 unspecified atom stereocenters. The topological polar surface area (TPSA) is 57.3 Å². The van der Waals surface area contributed by atoms with Crippen LogP contribution in [0.25, 0.3) is 11.3 Å². The first kappa shape index (κ1) is 18.8. The second-order valence-electron chi connectivity index (χ2n) is 6.15. The third-order valence-electron chi connectivity index (χ3n) is 4.47. The maximum absolute atomic E-state index is 13.6. The van der Waals surface area contributed by atoms with E-state index in [1.165, 1.54) is 22.8 Å². The molecule has 0 bridgehead atoms. The summed E-state index contributed by atoms with van der Waals surface area (Å²) in [6.07, 6.45) is 3.67. The molecule has 1 aromatic carbocycles. The maximum Gasteiger partial charge on any atom is 0.446 e. The zero-order chi connectivity index (χ0) is 18.8. The molecule has 1 aliphatic rings. The first-order chi connectivity index (χ1) is 12.5. The summed E-state index contributed by atoms with van der Waals surface area (Å²) in [6, 6.07) is 4.35. The zero-order valence-electron chi connectivity index (χ0n) is 14.9. The van der Waals surface area contributed by atoms with Gasteiger partial charge in [0.05, 0.1) is 22.9 Å². The predicted octanol–water partition coefficient (Wildman–Crippen LogP) is 4.65. The SMILES string of the molecule is CCC1=C(c2noc(=O)n2-c2ccc(F)c(Br)c2)C(C)=CC(CC)OC1. The van der Waals surface area contributed by atoms with Gasteiger partial charge in [-0.25, -0.2) is 13.8 Å². The molecule has 138 valence electrons. The first-order valence-corrected chi connectivity index (χ1v) is 9.32. The number of nitrogens with zero attached hydrogens (tertiary/aromatic N) is 2. The number of allylic oxidation sites excluding steroid dienone is 2. The minimum Gasteiger partial charge on any atom is -0.370 e. The lowest BCUT2D eigenvalue weighted by Gasteiger charge is -2.13. The van der Waals surface area contributed by atoms with Crippen molar-refractivity contribution in [3.05, 3.63) is 62.1 Å². The Kier molecular flexibility index (Phi) is 5.58. The van der Waals surface area contributed by atoms with Crippen molar-refractivity contribution in [2.75, 3.05) is 6.61 Å². The third-order valence-corrected chi connectivity index (χ3v) is 5.08. The average molecular weight is 423 g/mol. The van der Waals surface area contributed by atoms with Crippen molar-refractivity contribution in [2.45, 2.75) is 39.7 Å². The van der Waals surface area contributed by atoms with E-state index in [9.17, 15) is 9.18 Å². The molecule has 0 aliphatic carbocycles. The van der Waals surface area contributed by atoms with Crippen molar-refractivity contribution in [1.29, 1.82) is 0 Å². The molecule has 0 saturated heterocycles. The fourth-order valence-electron chi connectivity index (χ4n) is 3.08. The molecular formula is C19H20BrFN2O3. The predicted molar refractivity (Wildman–Crippen MR) is 101 cm³/mol. The molecule has 0 amide bonds. The first-order valence-electron chi connectivity index (χ1n) is 8.53. The van der Waals surface area contributed by atoms with E-state index < -0.39 is 11.6 Å². The number of ether oxygens (including phenoxy) is 1. The van der Waals surface area contributed by atoms with Gasteiger partial charge in [0, 0.05) is 5.57 Å². The fourth-order valence-corrected chi connectivity index (χ4v) is 3.44. The summed E-state index contributed by atoms with van der Waals surface area (Å²) in [5.74, 6) is -0.621. The summed E-state index contributed by atoms with van der Waals surface area (Å²) < 4.78 is 26.1. The lowest BCUT2D eigenvalue weighted by atomic mass is 9.98. The van der Waals surface area contributed by atoms with Gasteiger partial charge in [0.1, 0.15) is 5.82 Å². The van der Waals surface area contributed by atoms with Crippen LogP contribution in [0.2, 0.25) is 0 Å². The highest BCUT2D eigenvalue weighted by Crippen LogP contribution is 2.32. The van der Waals surface area contributed by atoms with Gasteiger partial charge in [0.15, 0.2) is 5.82 Å². The van der Waals surface area contributed by atoms with Gasteiger partial charge >= 0.3 is 5.76 Å². The number of rotatable bonds is 4. The number of aromatic nitrogens is 2. The lowest BCUT2D eigenvalue weighted by Crippen LogP contribution is -2.16. The third kappa shape index (κ3) is 3.46. The van der Waals surface area contributed by atoms with Crippen LogP contribution < -0.4 is 5.76 Å². The van der Waals surface area contributed by atoms with Gasteiger partial charge in [-0.2, -0.15) is 0 Å². The summed E-state index contributed by atoms with van der Waals surface area (Å²) in [5.41, 5.74) is 3.34. The molecule has 1 atom stereocenters. The number of hydrogen-bond acceptors (Lipinski definition) is 4. The molecule has 0 saturated carbocycles. The summed E-state index contributed by atoms with van der Waals surface area (Å²) in [7, 11) is 0. The van der Waals surface area contributed by atoms with Crippen molar-refractivity contribution < 1.29 is 13.7 Å². The molecule has 7 heteroatoms. The standard InChI is InChI=1S/C19H20BrFN2O3/c1-4-12-10-25-14(5-2)8-11(3)17(12)18-22-26-19(24)23(18)13-6-7-16(21)15(20)9-13/h6-9,14H,4-5,10H2,1-3H3. The van der Waals surface area contributed by atoms with Crippen LogP contribution in [0.3, 0.4) is 0 Å². The van der Waals surface area contributed by atoms with Crippen LogP contribution >= 0.6 is 15.9 Å². The second-order valence-corrected chi connectivity index (χ2v) is 7.00. The number of benzene rings is 1. The van der Waals surface area contributed by atoms with Crippen LogP contribution in [0.15, 0.2) is 49.2 Å². The molecule has 1 aliphatic heterocycles. The highest BCUT2D eigenvalue weighted by atomic mass is 79.9. The van der Waals surface area contributed by atoms with Gasteiger partial charge in [-0.15, -0.1) is 0 Å². The molecule has 5 nitrogen and oxygen atoms in total. The van der Waals surface area contributed by atoms with Gasteiger partial charge < -0.3 is 4.74 Å². The van der Waals surface area contributed by atoms with E-state index >= 15 is 0 Å². The second kappa shape index (κ2) is 7.72. The van der Waals surface area contributed by atoms with Gasteiger partial charge in [-0.1, -0.05) is 25.1 Å². The van der Waals surface area contributed by atoms with Crippen LogP contribution in [0.1, 0.15) is 39.4 Å². The average Bonchev–Trinajstić information content (AvgIpc) is 2.91. The van der Waals surface area contributed by atoms with Gasteiger partial charge in [-0.05, 0) is 65.0 Å². The normalized spacial score (nSPS) is 18.0. The molecule has 0 radical (unpaired) electrons. The van der Waals surface area contributed by atoms with Crippen LogP contribution in [-0.4, -0.2) is 22.4 Å². The summed E-state index contributed by atoms with van der Waals surface area (Å²) in [6.45, 7) is 6.54. The summed E-state index contributed by atoms with van der Waals surface area (Å²) in [5, 5.41) is 4.02. The minimum atomic E-state index is -0.619. The Balaban J connectivity index is 2.21. The van der Waals surface area contributed by atoms with Gasteiger partial charge in [0.2, 0.25) is 0 Å². The Bertz CT molecular complexity index is 943. The van der Waals surface area contributed by atoms with Crippen molar-refractivity contribution in [3.63, 3.8) is 0 Å². The van der Waals surface area contributed by atoms with Crippen LogP contribution in [-0.2, 0) is 4.74 Å². The Hall–Kier alpha value is -1.99. The summed E-state index contributed by atoms with van der Waals surface area (Å²) in [4.78, 5) is 12.3. The van der Waals surface area contributed by atoms with Crippen molar-refractivity contribution in [2.24, 2.45) is 0 Å². The number of hydrogen-bond donors (Lipinski definition) is 0. The molecule has 2 aromatic rings. The Labute approximate surface area is 159 Å². The van der Waals surface area contributed by atoms with E-state index in [0.717, 1.165) is 29.6 Å². The molecule has 0 spiro atoms. The smallest absolute Gasteiger partial charge is 0.370 e.